The molecule has 0 atom stereocenters. The van der Waals surface area contributed by atoms with Crippen LogP contribution < -0.4 is 5.73 Å². The van der Waals surface area contributed by atoms with E-state index in [1.54, 1.807) is 60.7 Å². The van der Waals surface area contributed by atoms with Gasteiger partial charge in [-0.15, -0.1) is 14.6 Å². The Hall–Kier alpha value is -5.52. The first-order chi connectivity index (χ1) is 26.9. The van der Waals surface area contributed by atoms with Crippen LogP contribution in [0.4, 0.5) is 39.8 Å². The third kappa shape index (κ3) is 12.7. The molecule has 23 heteroatoms. The molecule has 0 amide bonds. The molecule has 0 aromatic heterocycles. The zero-order chi connectivity index (χ0) is 40.1. The maximum Gasteiger partial charge on any atom is 0.433 e. The molecule has 5 aromatic rings. The van der Waals surface area contributed by atoms with Crippen LogP contribution in [-0.4, -0.2) is 43.0 Å². The highest BCUT2D eigenvalue weighted by Crippen LogP contribution is 2.47. The quantitative estimate of drug-likeness (QED) is 0.0105. The second kappa shape index (κ2) is 20.6. The van der Waals surface area contributed by atoms with Crippen molar-refractivity contribution in [3.63, 3.8) is 0 Å². The highest BCUT2D eigenvalue weighted by atomic mass is 32.3. The first-order valence-corrected chi connectivity index (χ1v) is 20.4. The Bertz CT molecular complexity index is 2550. The number of nitrogens with two attached hydrogens (primary N) is 1. The molecular formula is C34H31N7O12S4. The minimum absolute atomic E-state index is 0. The number of nitrogens with zero attached hydrogens (tertiary/aromatic N) is 6. The lowest BCUT2D eigenvalue weighted by molar-refractivity contribution is -0.432. The lowest BCUT2D eigenvalue weighted by Gasteiger charge is -2.11. The average molecular weight is 858 g/mol. The second-order valence-corrected chi connectivity index (χ2v) is 15.8. The van der Waals surface area contributed by atoms with E-state index in [9.17, 15) is 21.9 Å². The van der Waals surface area contributed by atoms with Gasteiger partial charge in [0.1, 0.15) is 11.4 Å². The Morgan fingerprint density at radius 1 is 0.754 bits per heavy atom. The monoisotopic (exact) mass is 857 g/mol. The van der Waals surface area contributed by atoms with Crippen molar-refractivity contribution in [2.75, 3.05) is 11.5 Å². The van der Waals surface area contributed by atoms with Crippen LogP contribution in [0.5, 0.6) is 5.75 Å². The van der Waals surface area contributed by atoms with Crippen LogP contribution in [0.25, 0.3) is 10.8 Å². The van der Waals surface area contributed by atoms with Crippen molar-refractivity contribution in [3.8, 4) is 17.1 Å². The van der Waals surface area contributed by atoms with Gasteiger partial charge in [0.15, 0.2) is 21.7 Å². The molecule has 0 aliphatic rings. The lowest BCUT2D eigenvalue weighted by atomic mass is 10.1. The number of hydrogen-bond donors (Lipinski definition) is 4. The van der Waals surface area contributed by atoms with Crippen molar-refractivity contribution in [2.24, 2.45) is 30.7 Å². The molecule has 0 unspecified atom stereocenters. The van der Waals surface area contributed by atoms with Gasteiger partial charge in [0, 0.05) is 20.9 Å². The van der Waals surface area contributed by atoms with Crippen LogP contribution in [-0.2, 0) is 38.8 Å². The molecular weight excluding hydrogens is 827 g/mol. The number of phenolic OH excluding ortho intramolecular Hbond substituents is 1. The van der Waals surface area contributed by atoms with E-state index in [4.69, 9.17) is 15.5 Å². The molecule has 5 rings (SSSR count). The summed E-state index contributed by atoms with van der Waals surface area (Å²) in [4.78, 5) is 5.07. The summed E-state index contributed by atoms with van der Waals surface area (Å²) in [7, 11) is -8.18. The summed E-state index contributed by atoms with van der Waals surface area (Å²) in [6.07, 6.45) is 3.26. The summed E-state index contributed by atoms with van der Waals surface area (Å²) in [5.74, 6) is -0.261. The smallest absolute Gasteiger partial charge is 0.433 e. The fraction of sp³-hybridized carbons (Fsp3) is 0.118. The van der Waals surface area contributed by atoms with Crippen LogP contribution in [0.1, 0.15) is 19.8 Å². The molecule has 5 aromatic carbocycles. The Labute approximate surface area is 333 Å². The van der Waals surface area contributed by atoms with Gasteiger partial charge < -0.3 is 16.3 Å². The minimum Gasteiger partial charge on any atom is -0.505 e. The number of anilines is 1. The van der Waals surface area contributed by atoms with Gasteiger partial charge in [0.05, 0.1) is 56.0 Å². The van der Waals surface area contributed by atoms with Crippen LogP contribution in [0.3, 0.4) is 0 Å². The van der Waals surface area contributed by atoms with Gasteiger partial charge in [0.25, 0.3) is 0 Å². The number of sulfone groups is 1. The van der Waals surface area contributed by atoms with Gasteiger partial charge in [-0.2, -0.15) is 28.9 Å². The topological polar surface area (TPSA) is 298 Å². The molecule has 0 fully saturated rings. The second-order valence-electron chi connectivity index (χ2n) is 11.1. The normalized spacial score (nSPS) is 11.9. The van der Waals surface area contributed by atoms with E-state index in [1.165, 1.54) is 30.3 Å². The molecule has 0 saturated carbocycles. The van der Waals surface area contributed by atoms with Crippen LogP contribution in [0.15, 0.2) is 136 Å². The molecule has 0 saturated heterocycles. The van der Waals surface area contributed by atoms with Crippen LogP contribution >= 0.6 is 23.8 Å². The molecule has 7 N–H and O–H groups in total. The predicted molar refractivity (Wildman–Crippen MR) is 210 cm³/mol. The third-order valence-corrected chi connectivity index (χ3v) is 10.6. The maximum absolute atomic E-state index is 12.5. The standard InChI is InChI=1S/C34H29N7O11S4.H2O/c1-2-3-20-55(44,45)27-14-10-25(11-15-27)38-40-32-29-21-31(54-51-50-43)33(34(42)28(29)16-17-30(32)35)41-39-23-6-4-22(5-7-23)36-37-24-8-12-26(13-9-24)53-19-18-49-52-56(46,47)48;/h4-17,21,42-43H,2-3,20,35H2,1H3,(H,46,47,48);1H2. The number of unbranched alkanes of at least 4 members (excludes halogenated alkanes) is 1. The van der Waals surface area contributed by atoms with Crippen molar-refractivity contribution in [3.05, 3.63) is 91.0 Å². The zero-order valence-corrected chi connectivity index (χ0v) is 32.5. The molecule has 19 nitrogen and oxygen atoms in total. The third-order valence-electron chi connectivity index (χ3n) is 7.22. The summed E-state index contributed by atoms with van der Waals surface area (Å²) in [6, 6.07) is 23.9. The molecule has 0 bridgehead atoms. The Morgan fingerprint density at radius 3 is 1.86 bits per heavy atom. The van der Waals surface area contributed by atoms with Crippen molar-refractivity contribution in [2.45, 2.75) is 34.5 Å². The van der Waals surface area contributed by atoms with Crippen molar-refractivity contribution in [1.29, 1.82) is 0 Å². The molecule has 298 valence electrons. The van der Waals surface area contributed by atoms with Crippen molar-refractivity contribution >= 4 is 94.6 Å². The van der Waals surface area contributed by atoms with Crippen molar-refractivity contribution in [1.82, 2.24) is 0 Å². The summed E-state index contributed by atoms with van der Waals surface area (Å²) < 4.78 is 62.6. The number of hydrogen-bond acceptors (Lipinski definition) is 19. The summed E-state index contributed by atoms with van der Waals surface area (Å²) in [5, 5.41) is 52.4. The number of fused-ring (bicyclic) bond motifs is 1. The number of benzene rings is 5. The van der Waals surface area contributed by atoms with Crippen molar-refractivity contribution < 1.29 is 55.8 Å². The largest absolute Gasteiger partial charge is 0.505 e. The van der Waals surface area contributed by atoms with E-state index in [-0.39, 0.29) is 43.8 Å². The fourth-order valence-electron chi connectivity index (χ4n) is 4.57. The van der Waals surface area contributed by atoms with E-state index >= 15 is 0 Å². The maximum atomic E-state index is 12.5. The Morgan fingerprint density at radius 2 is 1.30 bits per heavy atom. The van der Waals surface area contributed by atoms with Gasteiger partial charge in [-0.25, -0.2) is 13.7 Å². The van der Waals surface area contributed by atoms with E-state index in [0.717, 1.165) is 18.2 Å². The molecule has 0 aliphatic heterocycles. The van der Waals surface area contributed by atoms with Gasteiger partial charge in [-0.1, -0.05) is 18.4 Å². The summed E-state index contributed by atoms with van der Waals surface area (Å²) >= 11 is 1.54. The van der Waals surface area contributed by atoms with E-state index < -0.39 is 20.2 Å². The molecule has 0 aliphatic carbocycles. The summed E-state index contributed by atoms with van der Waals surface area (Å²) in [5.41, 5.74) is 8.42. The first kappa shape index (κ1) is 44.2. The Kier molecular flexibility index (Phi) is 16.0. The molecule has 0 radical (unpaired) electrons. The summed E-state index contributed by atoms with van der Waals surface area (Å²) in [6.45, 7) is 1.92. The Balaban J connectivity index is 0.00000720. The number of thioether (sulfide) groups is 1. The van der Waals surface area contributed by atoms with E-state index in [2.05, 4.69) is 54.5 Å². The predicted octanol–water partition coefficient (Wildman–Crippen LogP) is 9.31. The number of nitrogen functional groups attached to an aromatic ring is 1. The number of phenols is 1. The molecule has 0 heterocycles. The average Bonchev–Trinajstić information content (AvgIpc) is 3.18. The highest BCUT2D eigenvalue weighted by Gasteiger charge is 2.19. The zero-order valence-electron chi connectivity index (χ0n) is 29.3. The van der Waals surface area contributed by atoms with Gasteiger partial charge in [0.2, 0.25) is 0 Å². The lowest BCUT2D eigenvalue weighted by Crippen LogP contribution is -2.06. The number of azo groups is 3. The number of rotatable bonds is 16. The van der Waals surface area contributed by atoms with Crippen LogP contribution in [0, 0.1) is 11.4 Å². The molecule has 0 spiro atoms. The molecule has 57 heavy (non-hydrogen) atoms. The minimum atomic E-state index is -4.76. The van der Waals surface area contributed by atoms with Gasteiger partial charge in [-0.3, -0.25) is 9.44 Å². The number of aromatic hydroxyl groups is 1. The fourth-order valence-corrected chi connectivity index (χ4v) is 7.10. The highest BCUT2D eigenvalue weighted by molar-refractivity contribution is 8.04. The van der Waals surface area contributed by atoms with E-state index in [1.807, 2.05) is 13.0 Å². The first-order valence-electron chi connectivity index (χ1n) is 15.9. The van der Waals surface area contributed by atoms with Gasteiger partial charge in [-0.05, 0) is 114 Å². The van der Waals surface area contributed by atoms with Crippen LogP contribution in [0.2, 0.25) is 0 Å². The SMILES string of the molecule is CCCCS(=O)(=O)c1ccc(N=Nc2c(N)ccc3c(O)c(N=Nc4ccc(N=Nc5ccc(SC#COOS(=O)(=O)O)cc5)cc4)c(SOOO)cc23)cc1.O. The van der Waals surface area contributed by atoms with E-state index in [0.29, 0.717) is 56.9 Å². The van der Waals surface area contributed by atoms with Gasteiger partial charge >= 0.3 is 10.4 Å².